The van der Waals surface area contributed by atoms with E-state index in [1.54, 1.807) is 18.2 Å². The van der Waals surface area contributed by atoms with Crippen LogP contribution in [-0.2, 0) is 0 Å². The maximum Gasteiger partial charge on any atom is 0.344 e. The van der Waals surface area contributed by atoms with E-state index in [4.69, 9.17) is 20.8 Å². The molecular weight excluding hydrogens is 324 g/mol. The molecule has 0 radical (unpaired) electrons. The van der Waals surface area contributed by atoms with E-state index in [1.807, 2.05) is 38.1 Å². The van der Waals surface area contributed by atoms with Crippen LogP contribution in [0.2, 0.25) is 5.02 Å². The number of fused-ring (bicyclic) bond motifs is 1. The second-order valence-electron chi connectivity index (χ2n) is 5.80. The van der Waals surface area contributed by atoms with E-state index < -0.39 is 0 Å². The molecule has 2 aromatic carbocycles. The van der Waals surface area contributed by atoms with E-state index >= 15 is 0 Å². The average molecular weight is 341 g/mol. The lowest BCUT2D eigenvalue weighted by Crippen LogP contribution is -2.06. The molecular formula is C20H17ClO3. The minimum Gasteiger partial charge on any atom is -0.489 e. The third-order valence-corrected chi connectivity index (χ3v) is 4.01. The number of rotatable bonds is 4. The van der Waals surface area contributed by atoms with Gasteiger partial charge in [-0.15, -0.1) is 0 Å². The van der Waals surface area contributed by atoms with Crippen molar-refractivity contribution in [2.45, 2.75) is 13.8 Å². The first-order chi connectivity index (χ1) is 11.5. The molecule has 0 aliphatic rings. The Morgan fingerprint density at radius 2 is 1.92 bits per heavy atom. The van der Waals surface area contributed by atoms with E-state index in [2.05, 4.69) is 6.58 Å². The molecule has 0 fully saturated rings. The van der Waals surface area contributed by atoms with Crippen LogP contribution in [-0.4, -0.2) is 6.61 Å². The molecule has 0 N–H and O–H groups in total. The van der Waals surface area contributed by atoms with Gasteiger partial charge in [0.15, 0.2) is 0 Å². The van der Waals surface area contributed by atoms with E-state index in [0.29, 0.717) is 28.5 Å². The minimum atomic E-state index is -0.376. The van der Waals surface area contributed by atoms with Gasteiger partial charge >= 0.3 is 5.63 Å². The number of aryl methyl sites for hydroxylation is 1. The van der Waals surface area contributed by atoms with Gasteiger partial charge in [-0.3, -0.25) is 0 Å². The predicted octanol–water partition coefficient (Wildman–Crippen LogP) is 5.38. The van der Waals surface area contributed by atoms with Crippen molar-refractivity contribution >= 4 is 22.6 Å². The van der Waals surface area contributed by atoms with Gasteiger partial charge in [0.25, 0.3) is 0 Å². The fourth-order valence-corrected chi connectivity index (χ4v) is 2.71. The zero-order chi connectivity index (χ0) is 17.3. The number of benzene rings is 2. The first kappa shape index (κ1) is 16.3. The van der Waals surface area contributed by atoms with Crippen LogP contribution < -0.4 is 10.4 Å². The predicted molar refractivity (Wildman–Crippen MR) is 98.0 cm³/mol. The van der Waals surface area contributed by atoms with Gasteiger partial charge in [0, 0.05) is 16.5 Å². The standard InChI is InChI=1S/C20H17ClO3/c1-12(2)11-23-16-8-9-17-13(3)19(20(22)24-18(17)10-16)14-4-6-15(21)7-5-14/h4-10H,1,11H2,2-3H3. The summed E-state index contributed by atoms with van der Waals surface area (Å²) in [6.45, 7) is 8.04. The molecule has 0 amide bonds. The van der Waals surface area contributed by atoms with Gasteiger partial charge < -0.3 is 9.15 Å². The van der Waals surface area contributed by atoms with Crippen molar-refractivity contribution in [1.29, 1.82) is 0 Å². The average Bonchev–Trinajstić information content (AvgIpc) is 2.54. The Kier molecular flexibility index (Phi) is 4.45. The minimum absolute atomic E-state index is 0.376. The lowest BCUT2D eigenvalue weighted by Gasteiger charge is -2.10. The number of hydrogen-bond donors (Lipinski definition) is 0. The molecule has 0 bridgehead atoms. The van der Waals surface area contributed by atoms with E-state index in [9.17, 15) is 4.79 Å². The molecule has 3 nitrogen and oxygen atoms in total. The summed E-state index contributed by atoms with van der Waals surface area (Å²) in [7, 11) is 0. The molecule has 1 heterocycles. The van der Waals surface area contributed by atoms with E-state index in [0.717, 1.165) is 22.1 Å². The van der Waals surface area contributed by atoms with Crippen LogP contribution >= 0.6 is 11.6 Å². The zero-order valence-electron chi connectivity index (χ0n) is 13.6. The van der Waals surface area contributed by atoms with Crippen LogP contribution in [0.25, 0.3) is 22.1 Å². The highest BCUT2D eigenvalue weighted by Gasteiger charge is 2.14. The number of halogens is 1. The summed E-state index contributed by atoms with van der Waals surface area (Å²) in [4.78, 5) is 12.5. The molecule has 3 aromatic rings. The molecule has 122 valence electrons. The van der Waals surface area contributed by atoms with Gasteiger partial charge in [0.1, 0.15) is 17.9 Å². The molecule has 1 aromatic heterocycles. The highest BCUT2D eigenvalue weighted by Crippen LogP contribution is 2.29. The summed E-state index contributed by atoms with van der Waals surface area (Å²) in [5.74, 6) is 0.646. The van der Waals surface area contributed by atoms with Gasteiger partial charge in [-0.1, -0.05) is 30.3 Å². The van der Waals surface area contributed by atoms with Gasteiger partial charge in [0.05, 0.1) is 5.56 Å². The van der Waals surface area contributed by atoms with Crippen LogP contribution in [0, 0.1) is 6.92 Å². The van der Waals surface area contributed by atoms with Crippen LogP contribution in [0.15, 0.2) is 63.8 Å². The highest BCUT2D eigenvalue weighted by atomic mass is 35.5. The molecule has 0 saturated heterocycles. The van der Waals surface area contributed by atoms with Crippen molar-refractivity contribution in [3.63, 3.8) is 0 Å². The van der Waals surface area contributed by atoms with Crippen LogP contribution in [0.1, 0.15) is 12.5 Å². The van der Waals surface area contributed by atoms with Crippen molar-refractivity contribution in [3.05, 3.63) is 75.6 Å². The Labute approximate surface area is 145 Å². The third-order valence-electron chi connectivity index (χ3n) is 3.76. The SMILES string of the molecule is C=C(C)COc1ccc2c(C)c(-c3ccc(Cl)cc3)c(=O)oc2c1. The summed E-state index contributed by atoms with van der Waals surface area (Å²) in [6.07, 6.45) is 0. The van der Waals surface area contributed by atoms with Crippen molar-refractivity contribution < 1.29 is 9.15 Å². The zero-order valence-corrected chi connectivity index (χ0v) is 14.3. The lowest BCUT2D eigenvalue weighted by atomic mass is 10.00. The van der Waals surface area contributed by atoms with E-state index in [1.165, 1.54) is 0 Å². The Bertz CT molecular complexity index is 969. The topological polar surface area (TPSA) is 39.4 Å². The third kappa shape index (κ3) is 3.22. The molecule has 0 atom stereocenters. The van der Waals surface area contributed by atoms with Crippen molar-refractivity contribution in [3.8, 4) is 16.9 Å². The Hall–Kier alpha value is -2.52. The van der Waals surface area contributed by atoms with Gasteiger partial charge in [-0.05, 0) is 54.8 Å². The summed E-state index contributed by atoms with van der Waals surface area (Å²) in [5.41, 5.74) is 3.26. The lowest BCUT2D eigenvalue weighted by molar-refractivity contribution is 0.352. The van der Waals surface area contributed by atoms with Crippen LogP contribution in [0.4, 0.5) is 0 Å². The van der Waals surface area contributed by atoms with Crippen LogP contribution in [0.5, 0.6) is 5.75 Å². The van der Waals surface area contributed by atoms with Crippen molar-refractivity contribution in [1.82, 2.24) is 0 Å². The van der Waals surface area contributed by atoms with Gasteiger partial charge in [0.2, 0.25) is 0 Å². The van der Waals surface area contributed by atoms with Gasteiger partial charge in [-0.2, -0.15) is 0 Å². The molecule has 0 aliphatic carbocycles. The van der Waals surface area contributed by atoms with E-state index in [-0.39, 0.29) is 5.63 Å². The molecule has 0 aliphatic heterocycles. The smallest absolute Gasteiger partial charge is 0.344 e. The fraction of sp³-hybridized carbons (Fsp3) is 0.150. The first-order valence-corrected chi connectivity index (χ1v) is 7.94. The van der Waals surface area contributed by atoms with Crippen molar-refractivity contribution in [2.75, 3.05) is 6.61 Å². The fourth-order valence-electron chi connectivity index (χ4n) is 2.58. The second kappa shape index (κ2) is 6.54. The summed E-state index contributed by atoms with van der Waals surface area (Å²) < 4.78 is 11.1. The Morgan fingerprint density at radius 1 is 1.21 bits per heavy atom. The molecule has 24 heavy (non-hydrogen) atoms. The van der Waals surface area contributed by atoms with Crippen LogP contribution in [0.3, 0.4) is 0 Å². The largest absolute Gasteiger partial charge is 0.489 e. The first-order valence-electron chi connectivity index (χ1n) is 7.56. The monoisotopic (exact) mass is 340 g/mol. The summed E-state index contributed by atoms with van der Waals surface area (Å²) in [5, 5.41) is 1.50. The maximum absolute atomic E-state index is 12.5. The Morgan fingerprint density at radius 3 is 2.58 bits per heavy atom. The molecule has 0 unspecified atom stereocenters. The van der Waals surface area contributed by atoms with Crippen molar-refractivity contribution in [2.24, 2.45) is 0 Å². The summed E-state index contributed by atoms with van der Waals surface area (Å²) >= 11 is 5.92. The second-order valence-corrected chi connectivity index (χ2v) is 6.24. The highest BCUT2D eigenvalue weighted by molar-refractivity contribution is 6.30. The molecule has 0 saturated carbocycles. The normalized spacial score (nSPS) is 10.8. The van der Waals surface area contributed by atoms with Gasteiger partial charge in [-0.25, -0.2) is 4.79 Å². The molecule has 0 spiro atoms. The number of hydrogen-bond acceptors (Lipinski definition) is 3. The Balaban J connectivity index is 2.10. The molecule has 4 heteroatoms. The number of ether oxygens (including phenoxy) is 1. The molecule has 3 rings (SSSR count). The quantitative estimate of drug-likeness (QED) is 0.473. The maximum atomic E-state index is 12.5. The summed E-state index contributed by atoms with van der Waals surface area (Å²) in [6, 6.07) is 12.7.